The number of nitrogens with one attached hydrogen (secondary N) is 1. The van der Waals surface area contributed by atoms with Crippen molar-refractivity contribution >= 4 is 33.0 Å². The zero-order valence-corrected chi connectivity index (χ0v) is 23.6. The molecular formula is C26H35N2O7S2-. The van der Waals surface area contributed by atoms with Crippen LogP contribution in [0, 0.1) is 0 Å². The molecule has 2 aromatic rings. The summed E-state index contributed by atoms with van der Waals surface area (Å²) in [6.45, 7) is 9.47. The predicted molar refractivity (Wildman–Crippen MR) is 143 cm³/mol. The second-order valence-corrected chi connectivity index (χ2v) is 13.3. The Labute approximate surface area is 222 Å². The van der Waals surface area contributed by atoms with E-state index in [4.69, 9.17) is 4.74 Å². The summed E-state index contributed by atoms with van der Waals surface area (Å²) in [4.78, 5) is 24.6. The third kappa shape index (κ3) is 9.75. The van der Waals surface area contributed by atoms with Gasteiger partial charge in [0, 0.05) is 23.4 Å². The summed E-state index contributed by atoms with van der Waals surface area (Å²) in [5.74, 6) is -1.21. The number of hydrogen-bond donors (Lipinski definition) is 1. The number of ketones is 1. The Morgan fingerprint density at radius 2 is 1.49 bits per heavy atom. The van der Waals surface area contributed by atoms with E-state index >= 15 is 0 Å². The van der Waals surface area contributed by atoms with Gasteiger partial charge < -0.3 is 9.29 Å². The van der Waals surface area contributed by atoms with Crippen molar-refractivity contribution in [1.82, 2.24) is 9.03 Å². The smallest absolute Gasteiger partial charge is 0.321 e. The quantitative estimate of drug-likeness (QED) is 0.243. The van der Waals surface area contributed by atoms with Crippen molar-refractivity contribution in [1.29, 1.82) is 0 Å². The van der Waals surface area contributed by atoms with Crippen LogP contribution in [0.4, 0.5) is 0 Å². The van der Waals surface area contributed by atoms with Gasteiger partial charge in [-0.15, -0.1) is 0 Å². The number of benzene rings is 2. The van der Waals surface area contributed by atoms with Crippen LogP contribution in [0.5, 0.6) is 0 Å². The molecule has 11 heteroatoms. The average molecular weight is 552 g/mol. The predicted octanol–water partition coefficient (Wildman–Crippen LogP) is 3.41. The van der Waals surface area contributed by atoms with E-state index in [9.17, 15) is 26.8 Å². The van der Waals surface area contributed by atoms with Crippen LogP contribution in [0.15, 0.2) is 48.5 Å². The lowest BCUT2D eigenvalue weighted by Gasteiger charge is -2.25. The van der Waals surface area contributed by atoms with Gasteiger partial charge >= 0.3 is 5.97 Å². The Morgan fingerprint density at radius 1 is 0.973 bits per heavy atom. The fourth-order valence-corrected chi connectivity index (χ4v) is 4.56. The monoisotopic (exact) mass is 551 g/mol. The SMILES string of the molecule is CC(CNS(=O)(=O)C(C)C)c1ccc(-c2ccc(C(=O)CN(CC(=O)OC(C)(C)C)S(=O)[O-])cc2)cc1. The second-order valence-electron chi connectivity index (χ2n) is 10.1. The molecule has 0 aliphatic carbocycles. The molecule has 9 nitrogen and oxygen atoms in total. The van der Waals surface area contributed by atoms with Crippen LogP contribution in [0.3, 0.4) is 0 Å². The first-order chi connectivity index (χ1) is 17.1. The Morgan fingerprint density at radius 3 is 1.95 bits per heavy atom. The van der Waals surface area contributed by atoms with Gasteiger partial charge in [0.15, 0.2) is 5.78 Å². The van der Waals surface area contributed by atoms with Crippen LogP contribution in [0.2, 0.25) is 0 Å². The van der Waals surface area contributed by atoms with Gasteiger partial charge in [0.2, 0.25) is 10.0 Å². The van der Waals surface area contributed by atoms with Gasteiger partial charge in [0.25, 0.3) is 0 Å². The van der Waals surface area contributed by atoms with Gasteiger partial charge in [-0.2, -0.15) is 0 Å². The van der Waals surface area contributed by atoms with E-state index in [-0.39, 0.29) is 5.92 Å². The van der Waals surface area contributed by atoms with E-state index in [1.165, 1.54) is 0 Å². The summed E-state index contributed by atoms with van der Waals surface area (Å²) in [7, 11) is -3.33. The van der Waals surface area contributed by atoms with Crippen molar-refractivity contribution in [2.45, 2.75) is 58.3 Å². The van der Waals surface area contributed by atoms with E-state index in [2.05, 4.69) is 4.72 Å². The fourth-order valence-electron chi connectivity index (χ4n) is 3.31. The largest absolute Gasteiger partial charge is 0.760 e. The van der Waals surface area contributed by atoms with Crippen LogP contribution in [-0.4, -0.2) is 63.7 Å². The van der Waals surface area contributed by atoms with Crippen molar-refractivity contribution in [3.05, 3.63) is 59.7 Å². The molecule has 1 N–H and O–H groups in total. The van der Waals surface area contributed by atoms with E-state index in [1.54, 1.807) is 58.9 Å². The van der Waals surface area contributed by atoms with Crippen molar-refractivity contribution in [2.75, 3.05) is 19.6 Å². The summed E-state index contributed by atoms with van der Waals surface area (Å²) >= 11 is -2.77. The minimum atomic E-state index is -3.33. The molecule has 204 valence electrons. The topological polar surface area (TPSA) is 133 Å². The highest BCUT2D eigenvalue weighted by Gasteiger charge is 2.22. The minimum Gasteiger partial charge on any atom is -0.760 e. The minimum absolute atomic E-state index is 0.0160. The standard InChI is InChI=1S/C26H36N2O7S2/c1-18(2)37(33,34)27-15-19(3)20-7-9-21(10-8-20)22-11-13-23(14-12-22)24(29)16-28(36(31)32)17-25(30)35-26(4,5)6/h7-14,18-19,27H,15-17H2,1-6H3,(H,31,32)/p-1. The third-order valence-electron chi connectivity index (χ3n) is 5.49. The lowest BCUT2D eigenvalue weighted by atomic mass is 9.97. The molecule has 2 unspecified atom stereocenters. The summed E-state index contributed by atoms with van der Waals surface area (Å²) in [5, 5.41) is -0.493. The van der Waals surface area contributed by atoms with Crippen LogP contribution in [0.1, 0.15) is 63.4 Å². The number of hydrogen-bond acceptors (Lipinski definition) is 7. The molecule has 0 aromatic heterocycles. The maximum atomic E-state index is 12.7. The first kappa shape index (κ1) is 30.8. The highest BCUT2D eigenvalue weighted by atomic mass is 32.2. The molecule has 37 heavy (non-hydrogen) atoms. The molecule has 2 atom stereocenters. The van der Waals surface area contributed by atoms with Crippen LogP contribution in [-0.2, 0) is 30.8 Å². The highest BCUT2D eigenvalue weighted by Crippen LogP contribution is 2.23. The molecule has 0 saturated heterocycles. The van der Waals surface area contributed by atoms with Crippen LogP contribution >= 0.6 is 0 Å². The Hall–Kier alpha value is -2.44. The zero-order chi connectivity index (χ0) is 28.0. The van der Waals surface area contributed by atoms with E-state index < -0.39 is 57.0 Å². The van der Waals surface area contributed by atoms with Crippen molar-refractivity contribution in [3.8, 4) is 11.1 Å². The number of Topliss-reactive ketones (excluding diaryl/α,β-unsaturated/α-hetero) is 1. The summed E-state index contributed by atoms with van der Waals surface area (Å²) in [6.07, 6.45) is 0. The van der Waals surface area contributed by atoms with Gasteiger partial charge in [-0.05, 0) is 57.2 Å². The Kier molecular flexibility index (Phi) is 10.7. The number of sulfonamides is 1. The van der Waals surface area contributed by atoms with Crippen molar-refractivity contribution in [3.63, 3.8) is 0 Å². The summed E-state index contributed by atoms with van der Waals surface area (Å²) in [6, 6.07) is 14.4. The van der Waals surface area contributed by atoms with Gasteiger partial charge in [0.05, 0.1) is 11.8 Å². The number of ether oxygens (including phenoxy) is 1. The zero-order valence-electron chi connectivity index (χ0n) is 22.0. The lowest BCUT2D eigenvalue weighted by Crippen LogP contribution is -2.38. The van der Waals surface area contributed by atoms with E-state index in [0.29, 0.717) is 12.1 Å². The molecule has 2 aromatic carbocycles. The second kappa shape index (κ2) is 12.9. The summed E-state index contributed by atoms with van der Waals surface area (Å²) in [5.41, 5.74) is 2.29. The Bertz CT molecular complexity index is 1200. The molecule has 0 fully saturated rings. The third-order valence-corrected chi connectivity index (χ3v) is 7.98. The molecule has 0 heterocycles. The average Bonchev–Trinajstić information content (AvgIpc) is 2.81. The van der Waals surface area contributed by atoms with Gasteiger partial charge in [-0.1, -0.05) is 55.5 Å². The molecule has 0 amide bonds. The van der Waals surface area contributed by atoms with Gasteiger partial charge in [-0.25, -0.2) is 17.4 Å². The summed E-state index contributed by atoms with van der Waals surface area (Å²) < 4.78 is 55.5. The maximum Gasteiger partial charge on any atom is 0.321 e. The number of nitrogens with zero attached hydrogens (tertiary/aromatic N) is 1. The van der Waals surface area contributed by atoms with E-state index in [0.717, 1.165) is 21.0 Å². The number of carbonyl (C=O) groups excluding carboxylic acids is 2. The molecule has 0 spiro atoms. The molecule has 2 rings (SSSR count). The molecule has 0 radical (unpaired) electrons. The molecule has 0 aliphatic heterocycles. The number of rotatable bonds is 12. The van der Waals surface area contributed by atoms with Crippen molar-refractivity contribution in [2.24, 2.45) is 0 Å². The van der Waals surface area contributed by atoms with Gasteiger partial charge in [-0.3, -0.25) is 13.8 Å². The number of carbonyl (C=O) groups is 2. The molecule has 0 bridgehead atoms. The lowest BCUT2D eigenvalue weighted by molar-refractivity contribution is -0.154. The number of esters is 1. The highest BCUT2D eigenvalue weighted by molar-refractivity contribution is 7.90. The maximum absolute atomic E-state index is 12.7. The first-order valence-corrected chi connectivity index (χ1v) is 14.4. The molecule has 0 aliphatic rings. The normalized spacial score (nSPS) is 14.0. The first-order valence-electron chi connectivity index (χ1n) is 11.9. The van der Waals surface area contributed by atoms with E-state index in [1.807, 2.05) is 31.2 Å². The van der Waals surface area contributed by atoms with Crippen molar-refractivity contribution < 1.29 is 31.5 Å². The van der Waals surface area contributed by atoms with Crippen LogP contribution < -0.4 is 4.72 Å². The Balaban J connectivity index is 2.03. The molecular weight excluding hydrogens is 516 g/mol. The van der Waals surface area contributed by atoms with Gasteiger partial charge in [0.1, 0.15) is 12.1 Å². The fraction of sp³-hybridized carbons (Fsp3) is 0.462. The van der Waals surface area contributed by atoms with Crippen LogP contribution in [0.25, 0.3) is 11.1 Å². The molecule has 0 saturated carbocycles.